The van der Waals surface area contributed by atoms with Crippen molar-refractivity contribution in [2.45, 2.75) is 13.0 Å². The first-order valence-corrected chi connectivity index (χ1v) is 3.58. The molecule has 1 heterocycles. The second kappa shape index (κ2) is 3.76. The third kappa shape index (κ3) is 2.08. The average Bonchev–Trinajstić information content (AvgIpc) is 2.48. The van der Waals surface area contributed by atoms with E-state index in [1.807, 2.05) is 23.0 Å². The molecule has 2 heteroatoms. The molecule has 0 saturated carbocycles. The number of aromatic nitrogens is 1. The number of aldehydes is 1. The Morgan fingerprint density at radius 1 is 1.64 bits per heavy atom. The zero-order valence-corrected chi connectivity index (χ0v) is 6.36. The second-order valence-electron chi connectivity index (χ2n) is 2.38. The number of nitrogens with zero attached hydrogens (tertiary/aromatic N) is 1. The molecule has 1 aromatic rings. The summed E-state index contributed by atoms with van der Waals surface area (Å²) in [5.41, 5.74) is 0.731. The van der Waals surface area contributed by atoms with Gasteiger partial charge < -0.3 is 4.57 Å². The molecule has 0 aromatic carbocycles. The van der Waals surface area contributed by atoms with Crippen LogP contribution in [0.2, 0.25) is 0 Å². The van der Waals surface area contributed by atoms with Crippen molar-refractivity contribution in [3.63, 3.8) is 0 Å². The topological polar surface area (TPSA) is 22.0 Å². The van der Waals surface area contributed by atoms with Gasteiger partial charge in [-0.25, -0.2) is 0 Å². The molecule has 0 amide bonds. The zero-order chi connectivity index (χ0) is 8.10. The van der Waals surface area contributed by atoms with E-state index in [9.17, 15) is 4.79 Å². The standard InChI is InChI=1S/C9H11NO/c1-2-3-5-10-6-4-9(7-10)8-11/h2,4,6-8H,1,3,5H2. The number of hydrogen-bond acceptors (Lipinski definition) is 1. The summed E-state index contributed by atoms with van der Waals surface area (Å²) in [5, 5.41) is 0. The highest BCUT2D eigenvalue weighted by Gasteiger charge is 1.92. The molecule has 0 fully saturated rings. The van der Waals surface area contributed by atoms with Crippen molar-refractivity contribution in [1.82, 2.24) is 4.57 Å². The number of hydrogen-bond donors (Lipinski definition) is 0. The first-order chi connectivity index (χ1) is 5.36. The lowest BCUT2D eigenvalue weighted by atomic mass is 10.4. The highest BCUT2D eigenvalue weighted by molar-refractivity contribution is 5.74. The van der Waals surface area contributed by atoms with Gasteiger partial charge in [0, 0.05) is 24.5 Å². The Labute approximate surface area is 66.1 Å². The van der Waals surface area contributed by atoms with E-state index in [0.29, 0.717) is 0 Å². The molecular weight excluding hydrogens is 138 g/mol. The first kappa shape index (κ1) is 7.79. The average molecular weight is 149 g/mol. The molecule has 11 heavy (non-hydrogen) atoms. The Balaban J connectivity index is 2.57. The highest BCUT2D eigenvalue weighted by Crippen LogP contribution is 1.98. The van der Waals surface area contributed by atoms with Gasteiger partial charge in [0.1, 0.15) is 0 Å². The van der Waals surface area contributed by atoms with Crippen molar-refractivity contribution in [2.24, 2.45) is 0 Å². The van der Waals surface area contributed by atoms with Crippen LogP contribution in [0.4, 0.5) is 0 Å². The molecule has 0 bridgehead atoms. The Bertz CT molecular complexity index is 250. The van der Waals surface area contributed by atoms with Gasteiger partial charge in [-0.2, -0.15) is 0 Å². The molecule has 0 aliphatic rings. The summed E-state index contributed by atoms with van der Waals surface area (Å²) in [4.78, 5) is 10.3. The van der Waals surface area contributed by atoms with Gasteiger partial charge in [0.15, 0.2) is 6.29 Å². The number of carbonyl (C=O) groups is 1. The van der Waals surface area contributed by atoms with Crippen LogP contribution in [0.15, 0.2) is 31.1 Å². The molecule has 0 spiro atoms. The summed E-state index contributed by atoms with van der Waals surface area (Å²) in [6.07, 6.45) is 7.38. The lowest BCUT2D eigenvalue weighted by molar-refractivity contribution is 0.112. The van der Waals surface area contributed by atoms with Crippen LogP contribution >= 0.6 is 0 Å². The van der Waals surface area contributed by atoms with E-state index in [1.165, 1.54) is 0 Å². The SMILES string of the molecule is C=CCCn1ccc(C=O)c1. The van der Waals surface area contributed by atoms with E-state index < -0.39 is 0 Å². The summed E-state index contributed by atoms with van der Waals surface area (Å²) in [6, 6.07) is 1.80. The summed E-state index contributed by atoms with van der Waals surface area (Å²) >= 11 is 0. The minimum atomic E-state index is 0.731. The third-order valence-electron chi connectivity index (χ3n) is 1.50. The molecule has 0 aliphatic carbocycles. The predicted molar refractivity (Wildman–Crippen MR) is 44.6 cm³/mol. The fourth-order valence-corrected chi connectivity index (χ4v) is 0.909. The maximum absolute atomic E-state index is 10.3. The molecule has 0 saturated heterocycles. The number of allylic oxidation sites excluding steroid dienone is 1. The number of aryl methyl sites for hydroxylation is 1. The summed E-state index contributed by atoms with van der Waals surface area (Å²) in [6.45, 7) is 4.52. The van der Waals surface area contributed by atoms with Gasteiger partial charge in [-0.3, -0.25) is 4.79 Å². The molecular formula is C9H11NO. The van der Waals surface area contributed by atoms with Crippen LogP contribution in [-0.4, -0.2) is 10.9 Å². The highest BCUT2D eigenvalue weighted by atomic mass is 16.1. The lowest BCUT2D eigenvalue weighted by Gasteiger charge is -1.96. The van der Waals surface area contributed by atoms with Crippen molar-refractivity contribution in [2.75, 3.05) is 0 Å². The largest absolute Gasteiger partial charge is 0.353 e. The van der Waals surface area contributed by atoms with Gasteiger partial charge >= 0.3 is 0 Å². The van der Waals surface area contributed by atoms with Gasteiger partial charge in [0.2, 0.25) is 0 Å². The fourth-order valence-electron chi connectivity index (χ4n) is 0.909. The van der Waals surface area contributed by atoms with Crippen LogP contribution in [0.5, 0.6) is 0 Å². The molecule has 1 aromatic heterocycles. The fraction of sp³-hybridized carbons (Fsp3) is 0.222. The maximum Gasteiger partial charge on any atom is 0.151 e. The quantitative estimate of drug-likeness (QED) is 0.473. The predicted octanol–water partition coefficient (Wildman–Crippen LogP) is 1.88. The first-order valence-electron chi connectivity index (χ1n) is 3.58. The Hall–Kier alpha value is -1.31. The van der Waals surface area contributed by atoms with Crippen molar-refractivity contribution in [1.29, 1.82) is 0 Å². The van der Waals surface area contributed by atoms with Gasteiger partial charge in [0.05, 0.1) is 0 Å². The van der Waals surface area contributed by atoms with Crippen LogP contribution < -0.4 is 0 Å². The van der Waals surface area contributed by atoms with E-state index in [1.54, 1.807) is 6.07 Å². The van der Waals surface area contributed by atoms with E-state index in [4.69, 9.17) is 0 Å². The van der Waals surface area contributed by atoms with E-state index in [0.717, 1.165) is 24.8 Å². The summed E-state index contributed by atoms with van der Waals surface area (Å²) in [7, 11) is 0. The normalized spacial score (nSPS) is 9.45. The van der Waals surface area contributed by atoms with Crippen LogP contribution in [0, 0.1) is 0 Å². The molecule has 1 rings (SSSR count). The van der Waals surface area contributed by atoms with Crippen molar-refractivity contribution >= 4 is 6.29 Å². The van der Waals surface area contributed by atoms with E-state index in [-0.39, 0.29) is 0 Å². The molecule has 0 radical (unpaired) electrons. The van der Waals surface area contributed by atoms with Gasteiger partial charge in [-0.15, -0.1) is 6.58 Å². The molecule has 58 valence electrons. The smallest absolute Gasteiger partial charge is 0.151 e. The van der Waals surface area contributed by atoms with Crippen LogP contribution in [0.3, 0.4) is 0 Å². The Morgan fingerprint density at radius 3 is 3.00 bits per heavy atom. The maximum atomic E-state index is 10.3. The number of carbonyl (C=O) groups excluding carboxylic acids is 1. The summed E-state index contributed by atoms with van der Waals surface area (Å²) in [5.74, 6) is 0. The van der Waals surface area contributed by atoms with Gasteiger partial charge in [-0.05, 0) is 12.5 Å². The minimum Gasteiger partial charge on any atom is -0.353 e. The van der Waals surface area contributed by atoms with Crippen molar-refractivity contribution < 1.29 is 4.79 Å². The monoisotopic (exact) mass is 149 g/mol. The molecule has 0 atom stereocenters. The number of rotatable bonds is 4. The van der Waals surface area contributed by atoms with Crippen molar-refractivity contribution in [3.8, 4) is 0 Å². The van der Waals surface area contributed by atoms with Gasteiger partial charge in [0.25, 0.3) is 0 Å². The van der Waals surface area contributed by atoms with Crippen molar-refractivity contribution in [3.05, 3.63) is 36.7 Å². The van der Waals surface area contributed by atoms with E-state index in [2.05, 4.69) is 6.58 Å². The minimum absolute atomic E-state index is 0.731. The Morgan fingerprint density at radius 2 is 2.45 bits per heavy atom. The third-order valence-corrected chi connectivity index (χ3v) is 1.50. The van der Waals surface area contributed by atoms with Crippen LogP contribution in [0.1, 0.15) is 16.8 Å². The zero-order valence-electron chi connectivity index (χ0n) is 6.36. The molecule has 0 N–H and O–H groups in total. The summed E-state index contributed by atoms with van der Waals surface area (Å²) < 4.78 is 1.98. The molecule has 2 nitrogen and oxygen atoms in total. The lowest BCUT2D eigenvalue weighted by Crippen LogP contribution is -1.91. The second-order valence-corrected chi connectivity index (χ2v) is 2.38. The molecule has 0 aliphatic heterocycles. The molecule has 0 unspecified atom stereocenters. The van der Waals surface area contributed by atoms with Crippen LogP contribution in [-0.2, 0) is 6.54 Å². The Kier molecular flexibility index (Phi) is 2.66. The van der Waals surface area contributed by atoms with E-state index >= 15 is 0 Å². The van der Waals surface area contributed by atoms with Crippen LogP contribution in [0.25, 0.3) is 0 Å². The van der Waals surface area contributed by atoms with Gasteiger partial charge in [-0.1, -0.05) is 6.08 Å².